The normalized spacial score (nSPS) is 30.0. The molecular formula is C17H23FN2O. The number of likely N-dealkylation sites (tertiary alicyclic amines) is 1. The second-order valence-electron chi connectivity index (χ2n) is 6.55. The number of piperidine rings is 1. The second kappa shape index (κ2) is 5.76. The van der Waals surface area contributed by atoms with Gasteiger partial charge in [-0.15, -0.1) is 0 Å². The van der Waals surface area contributed by atoms with Gasteiger partial charge in [0.05, 0.1) is 0 Å². The highest BCUT2D eigenvalue weighted by molar-refractivity contribution is 5.83. The van der Waals surface area contributed by atoms with Crippen molar-refractivity contribution in [1.29, 1.82) is 0 Å². The first-order valence-electron chi connectivity index (χ1n) is 7.86. The van der Waals surface area contributed by atoms with Crippen molar-refractivity contribution in [2.45, 2.75) is 38.1 Å². The van der Waals surface area contributed by atoms with Crippen molar-refractivity contribution in [3.05, 3.63) is 35.6 Å². The molecule has 0 radical (unpaired) electrons. The second-order valence-corrected chi connectivity index (χ2v) is 6.55. The van der Waals surface area contributed by atoms with Gasteiger partial charge in [0.25, 0.3) is 0 Å². The summed E-state index contributed by atoms with van der Waals surface area (Å²) in [5, 5.41) is 0. The molecule has 3 rings (SSSR count). The van der Waals surface area contributed by atoms with Crippen LogP contribution in [0.25, 0.3) is 0 Å². The van der Waals surface area contributed by atoms with Crippen molar-refractivity contribution in [3.8, 4) is 0 Å². The monoisotopic (exact) mass is 290 g/mol. The number of carbonyl (C=O) groups excluding carboxylic acids is 1. The number of hydrogen-bond acceptors (Lipinski definition) is 2. The van der Waals surface area contributed by atoms with E-state index < -0.39 is 0 Å². The minimum absolute atomic E-state index is 0.0855. The zero-order valence-electron chi connectivity index (χ0n) is 12.5. The third-order valence-corrected chi connectivity index (χ3v) is 4.92. The number of halogens is 1. The smallest absolute Gasteiger partial charge is 0.226 e. The Bertz CT molecular complexity index is 514. The zero-order chi connectivity index (χ0) is 15.0. The molecule has 114 valence electrons. The molecule has 1 amide bonds. The highest BCUT2D eigenvalue weighted by atomic mass is 19.1. The van der Waals surface area contributed by atoms with Gasteiger partial charge in [0.1, 0.15) is 5.82 Å². The summed E-state index contributed by atoms with van der Waals surface area (Å²) in [6.07, 6.45) is 3.06. The fraction of sp³-hybridized carbons (Fsp3) is 0.588. The third kappa shape index (κ3) is 3.10. The van der Waals surface area contributed by atoms with Crippen LogP contribution in [0.3, 0.4) is 0 Å². The van der Waals surface area contributed by atoms with Crippen molar-refractivity contribution < 1.29 is 9.18 Å². The molecule has 4 heteroatoms. The Balaban J connectivity index is 1.61. The fourth-order valence-electron chi connectivity index (χ4n) is 3.42. The molecule has 2 fully saturated rings. The molecule has 1 aliphatic carbocycles. The Kier molecular flexibility index (Phi) is 3.98. The lowest BCUT2D eigenvalue weighted by Gasteiger charge is -2.34. The fourth-order valence-corrected chi connectivity index (χ4v) is 3.42. The molecule has 0 bridgehead atoms. The van der Waals surface area contributed by atoms with Crippen LogP contribution < -0.4 is 5.73 Å². The lowest BCUT2D eigenvalue weighted by atomic mass is 9.92. The van der Waals surface area contributed by atoms with E-state index in [0.29, 0.717) is 5.92 Å². The lowest BCUT2D eigenvalue weighted by Crippen LogP contribution is -2.45. The van der Waals surface area contributed by atoms with Crippen molar-refractivity contribution in [3.63, 3.8) is 0 Å². The number of rotatable bonds is 3. The number of nitrogens with two attached hydrogens (primary N) is 1. The van der Waals surface area contributed by atoms with Crippen LogP contribution in [-0.2, 0) is 4.79 Å². The van der Waals surface area contributed by atoms with Gasteiger partial charge in [-0.1, -0.05) is 12.1 Å². The van der Waals surface area contributed by atoms with Gasteiger partial charge in [-0.2, -0.15) is 0 Å². The van der Waals surface area contributed by atoms with Gasteiger partial charge < -0.3 is 10.6 Å². The van der Waals surface area contributed by atoms with E-state index in [1.54, 1.807) is 12.1 Å². The molecular weight excluding hydrogens is 267 g/mol. The van der Waals surface area contributed by atoms with Gasteiger partial charge in [-0.05, 0) is 55.7 Å². The molecule has 2 aliphatic rings. The standard InChI is InChI=1S/C17H23FN2O/c1-11(19)13-3-2-8-20(10-13)17(21)16-9-15(16)12-4-6-14(18)7-5-12/h4-7,11,13,15-16H,2-3,8-10,19H2,1H3. The zero-order valence-corrected chi connectivity index (χ0v) is 12.5. The van der Waals surface area contributed by atoms with E-state index in [9.17, 15) is 9.18 Å². The van der Waals surface area contributed by atoms with Gasteiger partial charge in [0.2, 0.25) is 5.91 Å². The van der Waals surface area contributed by atoms with Gasteiger partial charge in [-0.25, -0.2) is 4.39 Å². The molecule has 1 aromatic carbocycles. The van der Waals surface area contributed by atoms with E-state index in [4.69, 9.17) is 5.73 Å². The predicted molar refractivity (Wildman–Crippen MR) is 80.2 cm³/mol. The molecule has 1 aliphatic heterocycles. The van der Waals surface area contributed by atoms with E-state index in [1.165, 1.54) is 12.1 Å². The summed E-state index contributed by atoms with van der Waals surface area (Å²) in [6.45, 7) is 3.68. The maximum Gasteiger partial charge on any atom is 0.226 e. The van der Waals surface area contributed by atoms with E-state index >= 15 is 0 Å². The molecule has 4 atom stereocenters. The Morgan fingerprint density at radius 1 is 1.38 bits per heavy atom. The maximum atomic E-state index is 12.9. The number of carbonyl (C=O) groups is 1. The molecule has 0 spiro atoms. The van der Waals surface area contributed by atoms with Crippen LogP contribution in [0.1, 0.15) is 37.7 Å². The van der Waals surface area contributed by atoms with Crippen molar-refractivity contribution in [2.24, 2.45) is 17.6 Å². The molecule has 4 unspecified atom stereocenters. The Labute approximate surface area is 125 Å². The summed E-state index contributed by atoms with van der Waals surface area (Å²) in [5.41, 5.74) is 7.06. The molecule has 3 nitrogen and oxygen atoms in total. The van der Waals surface area contributed by atoms with Gasteiger partial charge in [-0.3, -0.25) is 4.79 Å². The van der Waals surface area contributed by atoms with Crippen molar-refractivity contribution in [1.82, 2.24) is 4.90 Å². The molecule has 0 aromatic heterocycles. The molecule has 21 heavy (non-hydrogen) atoms. The van der Waals surface area contributed by atoms with Crippen LogP contribution in [0, 0.1) is 17.7 Å². The molecule has 1 saturated heterocycles. The summed E-state index contributed by atoms with van der Waals surface area (Å²) in [6, 6.07) is 6.69. The first kappa shape index (κ1) is 14.5. The van der Waals surface area contributed by atoms with E-state index in [2.05, 4.69) is 0 Å². The Hall–Kier alpha value is -1.42. The third-order valence-electron chi connectivity index (χ3n) is 4.92. The predicted octanol–water partition coefficient (Wildman–Crippen LogP) is 2.52. The number of hydrogen-bond donors (Lipinski definition) is 1. The summed E-state index contributed by atoms with van der Waals surface area (Å²) in [7, 11) is 0. The first-order chi connectivity index (χ1) is 10.1. The molecule has 1 saturated carbocycles. The van der Waals surface area contributed by atoms with Crippen LogP contribution in [0.2, 0.25) is 0 Å². The number of nitrogens with zero attached hydrogens (tertiary/aromatic N) is 1. The summed E-state index contributed by atoms with van der Waals surface area (Å²) >= 11 is 0. The minimum Gasteiger partial charge on any atom is -0.342 e. The largest absolute Gasteiger partial charge is 0.342 e. The van der Waals surface area contributed by atoms with Gasteiger partial charge >= 0.3 is 0 Å². The number of amides is 1. The summed E-state index contributed by atoms with van der Waals surface area (Å²) < 4.78 is 12.9. The highest BCUT2D eigenvalue weighted by Crippen LogP contribution is 2.48. The average molecular weight is 290 g/mol. The first-order valence-corrected chi connectivity index (χ1v) is 7.86. The Morgan fingerprint density at radius 2 is 2.10 bits per heavy atom. The number of benzene rings is 1. The average Bonchev–Trinajstić information content (AvgIpc) is 3.28. The minimum atomic E-state index is -0.224. The molecule has 2 N–H and O–H groups in total. The van der Waals surface area contributed by atoms with E-state index in [-0.39, 0.29) is 29.6 Å². The van der Waals surface area contributed by atoms with Crippen LogP contribution >= 0.6 is 0 Å². The van der Waals surface area contributed by atoms with E-state index in [0.717, 1.165) is 37.9 Å². The van der Waals surface area contributed by atoms with Crippen molar-refractivity contribution >= 4 is 5.91 Å². The Morgan fingerprint density at radius 3 is 2.76 bits per heavy atom. The van der Waals surface area contributed by atoms with Crippen LogP contribution in [0.4, 0.5) is 4.39 Å². The highest BCUT2D eigenvalue weighted by Gasteiger charge is 2.46. The van der Waals surface area contributed by atoms with Gasteiger partial charge in [0, 0.05) is 25.0 Å². The molecule has 1 aromatic rings. The summed E-state index contributed by atoms with van der Waals surface area (Å²) in [4.78, 5) is 14.6. The van der Waals surface area contributed by atoms with Crippen LogP contribution in [-0.4, -0.2) is 29.9 Å². The van der Waals surface area contributed by atoms with E-state index in [1.807, 2.05) is 11.8 Å². The SMILES string of the molecule is CC(N)C1CCCN(C(=O)C2CC2c2ccc(F)cc2)C1. The summed E-state index contributed by atoms with van der Waals surface area (Å²) in [5.74, 6) is 0.814. The quantitative estimate of drug-likeness (QED) is 0.929. The maximum absolute atomic E-state index is 12.9. The molecule has 1 heterocycles. The lowest BCUT2D eigenvalue weighted by molar-refractivity contribution is -0.134. The van der Waals surface area contributed by atoms with Crippen molar-refractivity contribution in [2.75, 3.05) is 13.1 Å². The van der Waals surface area contributed by atoms with Crippen LogP contribution in [0.15, 0.2) is 24.3 Å². The topological polar surface area (TPSA) is 46.3 Å². The van der Waals surface area contributed by atoms with Crippen LogP contribution in [0.5, 0.6) is 0 Å². The van der Waals surface area contributed by atoms with Gasteiger partial charge in [0.15, 0.2) is 0 Å².